The highest BCUT2D eigenvalue weighted by molar-refractivity contribution is 5.74. The molecule has 0 unspecified atom stereocenters. The summed E-state index contributed by atoms with van der Waals surface area (Å²) in [5, 5.41) is 12.6. The molecule has 0 saturated carbocycles. The van der Waals surface area contributed by atoms with Crippen LogP contribution in [0.3, 0.4) is 0 Å². The van der Waals surface area contributed by atoms with Crippen molar-refractivity contribution in [2.24, 2.45) is 11.5 Å². The Kier molecular flexibility index (Phi) is 3.56. The van der Waals surface area contributed by atoms with Crippen LogP contribution in [0.15, 0.2) is 30.8 Å². The molecule has 7 N–H and O–H groups in total. The molecule has 0 radical (unpaired) electrons. The summed E-state index contributed by atoms with van der Waals surface area (Å²) in [7, 11) is 0. The van der Waals surface area contributed by atoms with Crippen LogP contribution < -0.4 is 22.1 Å². The highest BCUT2D eigenvalue weighted by Crippen LogP contribution is 2.12. The monoisotopic (exact) mass is 205 g/mol. The maximum atomic E-state index is 6.95. The Balaban J connectivity index is 2.50. The standard InChI is InChI=1S/C10H15N5/c1-7(11)8-2-4-9(5-3-8)14-6-15-10(12)13/h2-5,14H,1,6,11H2,(H4,12,13,15). The van der Waals surface area contributed by atoms with E-state index in [4.69, 9.17) is 16.9 Å². The zero-order chi connectivity index (χ0) is 11.3. The third-order valence-electron chi connectivity index (χ3n) is 1.83. The molecule has 1 aromatic rings. The van der Waals surface area contributed by atoms with E-state index in [0.29, 0.717) is 12.4 Å². The number of hydrogen-bond acceptors (Lipinski definition) is 3. The summed E-state index contributed by atoms with van der Waals surface area (Å²) in [6, 6.07) is 7.52. The number of hydrogen-bond donors (Lipinski definition) is 5. The molecule has 1 aromatic carbocycles. The van der Waals surface area contributed by atoms with Crippen molar-refractivity contribution in [2.75, 3.05) is 12.0 Å². The lowest BCUT2D eigenvalue weighted by Gasteiger charge is -2.08. The van der Waals surface area contributed by atoms with Gasteiger partial charge < -0.3 is 22.1 Å². The van der Waals surface area contributed by atoms with Crippen molar-refractivity contribution < 1.29 is 0 Å². The summed E-state index contributed by atoms with van der Waals surface area (Å²) < 4.78 is 0. The number of guanidine groups is 1. The number of benzene rings is 1. The van der Waals surface area contributed by atoms with Crippen molar-refractivity contribution in [1.29, 1.82) is 5.41 Å². The molecule has 0 amide bonds. The van der Waals surface area contributed by atoms with Gasteiger partial charge in [0.25, 0.3) is 0 Å². The van der Waals surface area contributed by atoms with Gasteiger partial charge in [0.2, 0.25) is 0 Å². The van der Waals surface area contributed by atoms with Crippen molar-refractivity contribution in [3.8, 4) is 0 Å². The molecule has 5 heteroatoms. The van der Waals surface area contributed by atoms with E-state index in [1.807, 2.05) is 24.3 Å². The van der Waals surface area contributed by atoms with Gasteiger partial charge in [-0.1, -0.05) is 18.7 Å². The molecule has 0 aliphatic heterocycles. The van der Waals surface area contributed by atoms with E-state index in [0.717, 1.165) is 11.3 Å². The van der Waals surface area contributed by atoms with Crippen molar-refractivity contribution in [1.82, 2.24) is 5.32 Å². The van der Waals surface area contributed by atoms with Crippen LogP contribution in [-0.4, -0.2) is 12.6 Å². The van der Waals surface area contributed by atoms with Gasteiger partial charge in [0.05, 0.1) is 6.67 Å². The Morgan fingerprint density at radius 1 is 1.27 bits per heavy atom. The molecule has 0 aromatic heterocycles. The first-order valence-electron chi connectivity index (χ1n) is 4.46. The van der Waals surface area contributed by atoms with Crippen LogP contribution in [0.2, 0.25) is 0 Å². The van der Waals surface area contributed by atoms with Crippen molar-refractivity contribution >= 4 is 17.3 Å². The second-order valence-electron chi connectivity index (χ2n) is 3.05. The summed E-state index contributed by atoms with van der Waals surface area (Å²) in [6.07, 6.45) is 0. The van der Waals surface area contributed by atoms with Gasteiger partial charge in [-0.15, -0.1) is 0 Å². The fourth-order valence-electron chi connectivity index (χ4n) is 1.04. The molecule has 5 nitrogen and oxygen atoms in total. The Morgan fingerprint density at radius 2 is 1.87 bits per heavy atom. The van der Waals surface area contributed by atoms with Gasteiger partial charge in [-0.25, -0.2) is 0 Å². The lowest BCUT2D eigenvalue weighted by atomic mass is 10.1. The molecular weight excluding hydrogens is 190 g/mol. The summed E-state index contributed by atoms with van der Waals surface area (Å²) >= 11 is 0. The minimum atomic E-state index is -0.0607. The van der Waals surface area contributed by atoms with Gasteiger partial charge in [-0.05, 0) is 17.7 Å². The molecule has 0 fully saturated rings. The quantitative estimate of drug-likeness (QED) is 0.280. The Bertz CT molecular complexity index is 355. The maximum Gasteiger partial charge on any atom is 0.187 e. The van der Waals surface area contributed by atoms with E-state index in [2.05, 4.69) is 17.2 Å². The van der Waals surface area contributed by atoms with Crippen LogP contribution in [0.5, 0.6) is 0 Å². The third kappa shape index (κ3) is 3.60. The minimum absolute atomic E-state index is 0.0607. The topological polar surface area (TPSA) is 100.0 Å². The summed E-state index contributed by atoms with van der Waals surface area (Å²) in [5.74, 6) is -0.0607. The second-order valence-corrected chi connectivity index (χ2v) is 3.05. The van der Waals surface area contributed by atoms with Crippen LogP contribution in [-0.2, 0) is 0 Å². The zero-order valence-electron chi connectivity index (χ0n) is 8.38. The van der Waals surface area contributed by atoms with Crippen molar-refractivity contribution in [3.63, 3.8) is 0 Å². The fourth-order valence-corrected chi connectivity index (χ4v) is 1.04. The summed E-state index contributed by atoms with van der Waals surface area (Å²) in [6.45, 7) is 4.06. The van der Waals surface area contributed by atoms with Gasteiger partial charge in [-0.2, -0.15) is 0 Å². The Morgan fingerprint density at radius 3 is 2.33 bits per heavy atom. The van der Waals surface area contributed by atoms with Gasteiger partial charge in [0.1, 0.15) is 0 Å². The Hall–Kier alpha value is -2.17. The maximum absolute atomic E-state index is 6.95. The fraction of sp³-hybridized carbons (Fsp3) is 0.100. The molecule has 0 heterocycles. The molecule has 0 aliphatic rings. The molecule has 1 rings (SSSR count). The highest BCUT2D eigenvalue weighted by Gasteiger charge is 1.94. The number of anilines is 1. The minimum Gasteiger partial charge on any atom is -0.399 e. The van der Waals surface area contributed by atoms with Gasteiger partial charge >= 0.3 is 0 Å². The van der Waals surface area contributed by atoms with E-state index in [9.17, 15) is 0 Å². The summed E-state index contributed by atoms with van der Waals surface area (Å²) in [5.41, 5.74) is 13.0. The van der Waals surface area contributed by atoms with Crippen LogP contribution in [0.1, 0.15) is 5.56 Å². The number of nitrogens with two attached hydrogens (primary N) is 2. The second kappa shape index (κ2) is 4.90. The van der Waals surface area contributed by atoms with Crippen molar-refractivity contribution in [3.05, 3.63) is 36.4 Å². The van der Waals surface area contributed by atoms with Crippen LogP contribution >= 0.6 is 0 Å². The van der Waals surface area contributed by atoms with E-state index < -0.39 is 0 Å². The summed E-state index contributed by atoms with van der Waals surface area (Å²) in [4.78, 5) is 0. The van der Waals surface area contributed by atoms with Crippen LogP contribution in [0, 0.1) is 5.41 Å². The Labute approximate surface area is 88.7 Å². The average molecular weight is 205 g/mol. The van der Waals surface area contributed by atoms with E-state index in [1.165, 1.54) is 0 Å². The molecule has 15 heavy (non-hydrogen) atoms. The lowest BCUT2D eigenvalue weighted by molar-refractivity contribution is 0.956. The zero-order valence-corrected chi connectivity index (χ0v) is 8.38. The normalized spacial score (nSPS) is 9.33. The predicted molar refractivity (Wildman–Crippen MR) is 63.2 cm³/mol. The average Bonchev–Trinajstić information content (AvgIpc) is 2.18. The van der Waals surface area contributed by atoms with Gasteiger partial charge in [-0.3, -0.25) is 5.41 Å². The van der Waals surface area contributed by atoms with Gasteiger partial charge in [0, 0.05) is 11.4 Å². The largest absolute Gasteiger partial charge is 0.399 e. The van der Waals surface area contributed by atoms with Crippen LogP contribution in [0.4, 0.5) is 5.69 Å². The number of nitrogens with one attached hydrogen (secondary N) is 3. The molecule has 0 spiro atoms. The first kappa shape index (κ1) is 10.9. The van der Waals surface area contributed by atoms with E-state index in [1.54, 1.807) is 0 Å². The molecular formula is C10H15N5. The molecule has 0 saturated heterocycles. The molecule has 0 bridgehead atoms. The van der Waals surface area contributed by atoms with E-state index >= 15 is 0 Å². The first-order valence-corrected chi connectivity index (χ1v) is 4.46. The predicted octanol–water partition coefficient (Wildman–Crippen LogP) is 0.468. The smallest absolute Gasteiger partial charge is 0.187 e. The number of rotatable bonds is 4. The van der Waals surface area contributed by atoms with Crippen molar-refractivity contribution in [2.45, 2.75) is 0 Å². The van der Waals surface area contributed by atoms with Crippen LogP contribution in [0.25, 0.3) is 5.70 Å². The molecule has 0 atom stereocenters. The molecule has 0 aliphatic carbocycles. The molecule has 80 valence electrons. The third-order valence-corrected chi connectivity index (χ3v) is 1.83. The highest BCUT2D eigenvalue weighted by atomic mass is 15.1. The van der Waals surface area contributed by atoms with Gasteiger partial charge in [0.15, 0.2) is 5.96 Å². The van der Waals surface area contributed by atoms with E-state index in [-0.39, 0.29) is 5.96 Å². The first-order chi connectivity index (χ1) is 7.09. The SMILES string of the molecule is C=C(N)c1ccc(NCNC(=N)N)cc1. The lowest BCUT2D eigenvalue weighted by Crippen LogP contribution is -2.34.